The SMILES string of the molecule is COc1ccc(NC(=Nc2cccc(C)c2C)n2sc(C)cc2=N)cc1. The van der Waals surface area contributed by atoms with E-state index in [1.54, 1.807) is 11.1 Å². The van der Waals surface area contributed by atoms with E-state index in [4.69, 9.17) is 15.1 Å². The zero-order chi connectivity index (χ0) is 18.7. The first-order valence-electron chi connectivity index (χ1n) is 8.29. The highest BCUT2D eigenvalue weighted by molar-refractivity contribution is 7.07. The van der Waals surface area contributed by atoms with Gasteiger partial charge < -0.3 is 10.1 Å². The fraction of sp³-hybridized carbons (Fsp3) is 0.200. The van der Waals surface area contributed by atoms with Crippen molar-refractivity contribution < 1.29 is 4.74 Å². The van der Waals surface area contributed by atoms with Crippen molar-refractivity contribution in [1.29, 1.82) is 5.41 Å². The summed E-state index contributed by atoms with van der Waals surface area (Å²) in [5.41, 5.74) is 4.49. The van der Waals surface area contributed by atoms with Gasteiger partial charge in [-0.15, -0.1) is 0 Å². The van der Waals surface area contributed by atoms with Crippen LogP contribution < -0.4 is 15.5 Å². The molecule has 0 aliphatic carbocycles. The molecule has 0 amide bonds. The Hall–Kier alpha value is -2.86. The second-order valence-electron chi connectivity index (χ2n) is 6.03. The van der Waals surface area contributed by atoms with E-state index in [1.165, 1.54) is 17.1 Å². The number of aromatic nitrogens is 1. The van der Waals surface area contributed by atoms with Crippen LogP contribution >= 0.6 is 11.5 Å². The molecule has 0 unspecified atom stereocenters. The van der Waals surface area contributed by atoms with Crippen LogP contribution in [0.5, 0.6) is 5.75 Å². The third-order valence-electron chi connectivity index (χ3n) is 4.13. The molecule has 134 valence electrons. The van der Waals surface area contributed by atoms with Crippen LogP contribution in [0.1, 0.15) is 16.0 Å². The molecule has 0 fully saturated rings. The molecule has 0 spiro atoms. The lowest BCUT2D eigenvalue weighted by Crippen LogP contribution is -2.28. The van der Waals surface area contributed by atoms with Crippen LogP contribution in [-0.2, 0) is 0 Å². The smallest absolute Gasteiger partial charge is 0.223 e. The highest BCUT2D eigenvalue weighted by atomic mass is 32.1. The molecule has 2 N–H and O–H groups in total. The number of nitrogens with zero attached hydrogens (tertiary/aromatic N) is 2. The Balaban J connectivity index is 2.06. The van der Waals surface area contributed by atoms with Crippen LogP contribution in [-0.4, -0.2) is 17.0 Å². The van der Waals surface area contributed by atoms with Gasteiger partial charge in [0.15, 0.2) is 0 Å². The van der Waals surface area contributed by atoms with Crippen LogP contribution in [0.3, 0.4) is 0 Å². The van der Waals surface area contributed by atoms with Gasteiger partial charge in [0.25, 0.3) is 0 Å². The van der Waals surface area contributed by atoms with Gasteiger partial charge >= 0.3 is 0 Å². The van der Waals surface area contributed by atoms with Crippen molar-refractivity contribution >= 4 is 28.9 Å². The first kappa shape index (κ1) is 17.9. The van der Waals surface area contributed by atoms with Gasteiger partial charge in [-0.1, -0.05) is 23.7 Å². The van der Waals surface area contributed by atoms with E-state index < -0.39 is 0 Å². The van der Waals surface area contributed by atoms with E-state index >= 15 is 0 Å². The highest BCUT2D eigenvalue weighted by Gasteiger charge is 2.10. The number of rotatable bonds is 3. The summed E-state index contributed by atoms with van der Waals surface area (Å²) in [7, 11) is 1.65. The monoisotopic (exact) mass is 366 g/mol. The second kappa shape index (κ2) is 7.58. The summed E-state index contributed by atoms with van der Waals surface area (Å²) in [5, 5.41) is 11.6. The van der Waals surface area contributed by atoms with Crippen molar-refractivity contribution in [3.8, 4) is 5.75 Å². The molecule has 0 aliphatic heterocycles. The molecule has 1 heterocycles. The molecular weight excluding hydrogens is 344 g/mol. The minimum atomic E-state index is 0.401. The summed E-state index contributed by atoms with van der Waals surface area (Å²) < 4.78 is 7.01. The molecule has 0 saturated carbocycles. The number of nitrogens with one attached hydrogen (secondary N) is 2. The topological polar surface area (TPSA) is 62.4 Å². The van der Waals surface area contributed by atoms with Crippen molar-refractivity contribution in [2.45, 2.75) is 20.8 Å². The average Bonchev–Trinajstić information content (AvgIpc) is 2.97. The molecule has 0 radical (unpaired) electrons. The van der Waals surface area contributed by atoms with E-state index in [0.29, 0.717) is 11.4 Å². The number of aliphatic imine (C=N–C) groups is 1. The lowest BCUT2D eigenvalue weighted by Gasteiger charge is -2.12. The molecule has 5 nitrogen and oxygen atoms in total. The van der Waals surface area contributed by atoms with Crippen LogP contribution in [0.2, 0.25) is 0 Å². The summed E-state index contributed by atoms with van der Waals surface area (Å²) in [5.74, 6) is 1.40. The number of hydrogen-bond donors (Lipinski definition) is 2. The maximum Gasteiger partial charge on any atom is 0.223 e. The minimum absolute atomic E-state index is 0.401. The second-order valence-corrected chi connectivity index (χ2v) is 7.23. The molecule has 0 aliphatic rings. The molecule has 6 heteroatoms. The van der Waals surface area contributed by atoms with Gasteiger partial charge in [-0.25, -0.2) is 8.95 Å². The van der Waals surface area contributed by atoms with Crippen molar-refractivity contribution in [1.82, 2.24) is 3.96 Å². The number of aryl methyl sites for hydroxylation is 2. The number of benzene rings is 2. The Morgan fingerprint density at radius 2 is 1.85 bits per heavy atom. The Kier molecular flexibility index (Phi) is 5.23. The predicted molar refractivity (Wildman–Crippen MR) is 108 cm³/mol. The van der Waals surface area contributed by atoms with E-state index in [2.05, 4.69) is 25.2 Å². The highest BCUT2D eigenvalue weighted by Crippen LogP contribution is 2.23. The summed E-state index contributed by atoms with van der Waals surface area (Å²) in [6.07, 6.45) is 0. The maximum atomic E-state index is 8.25. The van der Waals surface area contributed by atoms with Crippen molar-refractivity contribution in [2.75, 3.05) is 12.4 Å². The third kappa shape index (κ3) is 3.86. The average molecular weight is 366 g/mol. The van der Waals surface area contributed by atoms with E-state index in [1.807, 2.05) is 49.4 Å². The van der Waals surface area contributed by atoms with E-state index in [-0.39, 0.29) is 0 Å². The first-order chi connectivity index (χ1) is 12.5. The van der Waals surface area contributed by atoms with Crippen molar-refractivity contribution in [2.24, 2.45) is 4.99 Å². The Bertz CT molecular complexity index is 999. The normalized spacial score (nSPS) is 11.5. The lowest BCUT2D eigenvalue weighted by molar-refractivity contribution is 0.415. The molecule has 2 aromatic carbocycles. The van der Waals surface area contributed by atoms with E-state index in [9.17, 15) is 0 Å². The predicted octanol–water partition coefficient (Wildman–Crippen LogP) is 4.61. The molecule has 26 heavy (non-hydrogen) atoms. The Morgan fingerprint density at radius 3 is 2.46 bits per heavy atom. The molecule has 3 rings (SSSR count). The maximum absolute atomic E-state index is 8.25. The summed E-state index contributed by atoms with van der Waals surface area (Å²) in [6.45, 7) is 6.12. The van der Waals surface area contributed by atoms with Gasteiger partial charge in [0, 0.05) is 10.6 Å². The van der Waals surface area contributed by atoms with Gasteiger partial charge in [0.1, 0.15) is 11.2 Å². The van der Waals surface area contributed by atoms with Gasteiger partial charge in [0.2, 0.25) is 5.96 Å². The van der Waals surface area contributed by atoms with Gasteiger partial charge in [-0.2, -0.15) is 0 Å². The molecule has 0 atom stereocenters. The van der Waals surface area contributed by atoms with Crippen LogP contribution in [0.4, 0.5) is 11.4 Å². The van der Waals surface area contributed by atoms with Crippen LogP contribution in [0.15, 0.2) is 53.5 Å². The van der Waals surface area contributed by atoms with Crippen molar-refractivity contribution in [3.05, 3.63) is 70.0 Å². The molecule has 3 aromatic rings. The Morgan fingerprint density at radius 1 is 1.12 bits per heavy atom. The summed E-state index contributed by atoms with van der Waals surface area (Å²) in [6, 6.07) is 15.5. The zero-order valence-corrected chi connectivity index (χ0v) is 16.1. The molecular formula is C20H22N4OS. The summed E-state index contributed by atoms with van der Waals surface area (Å²) in [4.78, 5) is 5.88. The number of hydrogen-bond acceptors (Lipinski definition) is 4. The number of methoxy groups -OCH3 is 1. The molecule has 0 saturated heterocycles. The van der Waals surface area contributed by atoms with Crippen molar-refractivity contribution in [3.63, 3.8) is 0 Å². The standard InChI is InChI=1S/C20H22N4OS/c1-13-6-5-7-18(15(13)3)23-20(24-19(21)12-14(2)26-24)22-16-8-10-17(25-4)11-9-16/h5-12,21H,1-4H3,(H,22,23). The minimum Gasteiger partial charge on any atom is -0.497 e. The Labute approximate surface area is 157 Å². The fourth-order valence-corrected chi connectivity index (χ4v) is 3.30. The first-order valence-corrected chi connectivity index (χ1v) is 9.06. The zero-order valence-electron chi connectivity index (χ0n) is 15.3. The van der Waals surface area contributed by atoms with Gasteiger partial charge in [0.05, 0.1) is 12.8 Å². The lowest BCUT2D eigenvalue weighted by atomic mass is 10.1. The third-order valence-corrected chi connectivity index (χ3v) is 5.09. The van der Waals surface area contributed by atoms with E-state index in [0.717, 1.165) is 27.6 Å². The molecule has 0 bridgehead atoms. The number of ether oxygens (including phenoxy) is 1. The quantitative estimate of drug-likeness (QED) is 0.525. The van der Waals surface area contributed by atoms with Crippen LogP contribution in [0, 0.1) is 26.2 Å². The largest absolute Gasteiger partial charge is 0.497 e. The summed E-state index contributed by atoms with van der Waals surface area (Å²) >= 11 is 1.49. The number of anilines is 1. The van der Waals surface area contributed by atoms with Gasteiger partial charge in [-0.05, 0) is 68.3 Å². The fourth-order valence-electron chi connectivity index (χ4n) is 2.53. The van der Waals surface area contributed by atoms with Gasteiger partial charge in [-0.3, -0.25) is 5.41 Å². The molecule has 1 aromatic heterocycles. The van der Waals surface area contributed by atoms with Crippen LogP contribution in [0.25, 0.3) is 0 Å².